The second kappa shape index (κ2) is 8.55. The van der Waals surface area contributed by atoms with E-state index in [1.807, 2.05) is 12.1 Å². The Labute approximate surface area is 143 Å². The molecular weight excluding hydrogens is 304 g/mol. The Kier molecular flexibility index (Phi) is 6.18. The van der Waals surface area contributed by atoms with E-state index in [2.05, 4.69) is 20.1 Å². The normalized spacial score (nSPS) is 22.5. The van der Waals surface area contributed by atoms with E-state index < -0.39 is 0 Å². The van der Waals surface area contributed by atoms with Crippen molar-refractivity contribution in [1.82, 2.24) is 14.8 Å². The molecule has 2 aliphatic rings. The van der Waals surface area contributed by atoms with Gasteiger partial charge in [0.1, 0.15) is 0 Å². The third-order valence-corrected chi connectivity index (χ3v) is 4.94. The number of rotatable bonds is 8. The molecule has 1 saturated heterocycles. The molecule has 6 heteroatoms. The summed E-state index contributed by atoms with van der Waals surface area (Å²) in [6.45, 7) is 5.19. The molecule has 0 aromatic carbocycles. The Bertz CT molecular complexity index is 521. The predicted octanol–water partition coefficient (Wildman–Crippen LogP) is 1.19. The number of amides is 1. The third-order valence-electron chi connectivity index (χ3n) is 4.94. The quantitative estimate of drug-likeness (QED) is 0.748. The lowest BCUT2D eigenvalue weighted by Gasteiger charge is -2.41. The second-order valence-electron chi connectivity index (χ2n) is 6.94. The molecule has 1 aromatic heterocycles. The minimum Gasteiger partial charge on any atom is -0.396 e. The van der Waals surface area contributed by atoms with E-state index >= 15 is 0 Å². The van der Waals surface area contributed by atoms with Crippen molar-refractivity contribution in [3.8, 4) is 0 Å². The first-order valence-corrected chi connectivity index (χ1v) is 9.01. The molecule has 0 spiro atoms. The predicted molar refractivity (Wildman–Crippen MR) is 93.7 cm³/mol. The molecule has 1 amide bonds. The highest BCUT2D eigenvalue weighted by atomic mass is 16.3. The molecule has 1 aliphatic carbocycles. The van der Waals surface area contributed by atoms with Gasteiger partial charge in [-0.25, -0.2) is 0 Å². The summed E-state index contributed by atoms with van der Waals surface area (Å²) in [5.74, 6) is 0.908. The number of aliphatic hydroxyl groups is 1. The van der Waals surface area contributed by atoms with Gasteiger partial charge in [0, 0.05) is 58.0 Å². The number of pyridine rings is 1. The van der Waals surface area contributed by atoms with Crippen molar-refractivity contribution in [2.75, 3.05) is 44.6 Å². The van der Waals surface area contributed by atoms with Crippen LogP contribution in [0.5, 0.6) is 0 Å². The molecule has 1 aliphatic heterocycles. The van der Waals surface area contributed by atoms with Gasteiger partial charge in [0.2, 0.25) is 5.91 Å². The number of aliphatic hydroxyl groups excluding tert-OH is 1. The van der Waals surface area contributed by atoms with Crippen LogP contribution in [0.15, 0.2) is 24.5 Å². The zero-order valence-corrected chi connectivity index (χ0v) is 14.2. The van der Waals surface area contributed by atoms with E-state index in [0.717, 1.165) is 44.2 Å². The number of piperazine rings is 1. The summed E-state index contributed by atoms with van der Waals surface area (Å²) < 4.78 is 0. The molecule has 0 radical (unpaired) electrons. The van der Waals surface area contributed by atoms with Crippen LogP contribution in [0.25, 0.3) is 0 Å². The summed E-state index contributed by atoms with van der Waals surface area (Å²) in [4.78, 5) is 21.0. The molecular formula is C18H28N4O2. The van der Waals surface area contributed by atoms with Crippen molar-refractivity contribution < 1.29 is 9.90 Å². The van der Waals surface area contributed by atoms with Gasteiger partial charge in [0.15, 0.2) is 0 Å². The summed E-state index contributed by atoms with van der Waals surface area (Å²) in [5.41, 5.74) is 0.745. The number of nitrogens with zero attached hydrogens (tertiary/aromatic N) is 3. The monoisotopic (exact) mass is 332 g/mol. The van der Waals surface area contributed by atoms with Crippen LogP contribution in [-0.4, -0.2) is 71.2 Å². The van der Waals surface area contributed by atoms with Gasteiger partial charge in [-0.2, -0.15) is 0 Å². The molecule has 3 rings (SSSR count). The topological polar surface area (TPSA) is 68.7 Å². The number of hydrogen-bond donors (Lipinski definition) is 2. The van der Waals surface area contributed by atoms with Crippen molar-refractivity contribution in [2.24, 2.45) is 5.92 Å². The fraction of sp³-hybridized carbons (Fsp3) is 0.667. The highest BCUT2D eigenvalue weighted by Crippen LogP contribution is 2.31. The molecule has 6 nitrogen and oxygen atoms in total. The van der Waals surface area contributed by atoms with Crippen molar-refractivity contribution >= 4 is 11.6 Å². The van der Waals surface area contributed by atoms with E-state index in [1.165, 1.54) is 19.4 Å². The fourth-order valence-electron chi connectivity index (χ4n) is 3.38. The molecule has 1 atom stereocenters. The lowest BCUT2D eigenvalue weighted by atomic mass is 10.1. The van der Waals surface area contributed by atoms with Gasteiger partial charge in [-0.05, 0) is 37.3 Å². The maximum absolute atomic E-state index is 12.1. The molecule has 24 heavy (non-hydrogen) atoms. The minimum atomic E-state index is 0.0297. The molecule has 132 valence electrons. The summed E-state index contributed by atoms with van der Waals surface area (Å²) >= 11 is 0. The SMILES string of the molecule is O=C(CCN1CCN(CC2CC2)C(CCO)C1)Nc1cccnc1. The number of carbonyl (C=O) groups is 1. The third kappa shape index (κ3) is 5.26. The van der Waals surface area contributed by atoms with Gasteiger partial charge in [-0.1, -0.05) is 0 Å². The van der Waals surface area contributed by atoms with Crippen LogP contribution in [0.4, 0.5) is 5.69 Å². The first-order chi connectivity index (χ1) is 11.7. The van der Waals surface area contributed by atoms with Gasteiger partial charge in [0.25, 0.3) is 0 Å². The van der Waals surface area contributed by atoms with E-state index in [4.69, 9.17) is 0 Å². The second-order valence-corrected chi connectivity index (χ2v) is 6.94. The van der Waals surface area contributed by atoms with Gasteiger partial charge in [-0.15, -0.1) is 0 Å². The highest BCUT2D eigenvalue weighted by molar-refractivity contribution is 5.90. The summed E-state index contributed by atoms with van der Waals surface area (Å²) in [7, 11) is 0. The first-order valence-electron chi connectivity index (χ1n) is 9.01. The summed E-state index contributed by atoms with van der Waals surface area (Å²) in [6, 6.07) is 4.08. The zero-order chi connectivity index (χ0) is 16.8. The van der Waals surface area contributed by atoms with Gasteiger partial charge >= 0.3 is 0 Å². The molecule has 1 saturated carbocycles. The molecule has 2 fully saturated rings. The van der Waals surface area contributed by atoms with Crippen molar-refractivity contribution in [3.63, 3.8) is 0 Å². The smallest absolute Gasteiger partial charge is 0.225 e. The van der Waals surface area contributed by atoms with Gasteiger partial charge in [0.05, 0.1) is 11.9 Å². The van der Waals surface area contributed by atoms with Crippen molar-refractivity contribution in [3.05, 3.63) is 24.5 Å². The van der Waals surface area contributed by atoms with Crippen LogP contribution in [0.3, 0.4) is 0 Å². The van der Waals surface area contributed by atoms with Crippen LogP contribution in [0, 0.1) is 5.92 Å². The number of carbonyl (C=O) groups excluding carboxylic acids is 1. The first kappa shape index (κ1) is 17.3. The number of hydrogen-bond acceptors (Lipinski definition) is 5. The molecule has 0 bridgehead atoms. The summed E-state index contributed by atoms with van der Waals surface area (Å²) in [6.07, 6.45) is 7.39. The molecule has 2 heterocycles. The summed E-state index contributed by atoms with van der Waals surface area (Å²) in [5, 5.41) is 12.2. The average molecular weight is 332 g/mol. The molecule has 1 aromatic rings. The van der Waals surface area contributed by atoms with E-state index in [1.54, 1.807) is 12.4 Å². The molecule has 2 N–H and O–H groups in total. The van der Waals surface area contributed by atoms with Crippen LogP contribution >= 0.6 is 0 Å². The number of aromatic nitrogens is 1. The van der Waals surface area contributed by atoms with Crippen LogP contribution < -0.4 is 5.32 Å². The molecule has 1 unspecified atom stereocenters. The largest absolute Gasteiger partial charge is 0.396 e. The minimum absolute atomic E-state index is 0.0297. The van der Waals surface area contributed by atoms with Crippen molar-refractivity contribution in [1.29, 1.82) is 0 Å². The van der Waals surface area contributed by atoms with Gasteiger partial charge in [-0.3, -0.25) is 19.6 Å². The van der Waals surface area contributed by atoms with Crippen LogP contribution in [-0.2, 0) is 4.79 Å². The van der Waals surface area contributed by atoms with Gasteiger partial charge < -0.3 is 10.4 Å². The lowest BCUT2D eigenvalue weighted by Crippen LogP contribution is -2.54. The Balaban J connectivity index is 1.42. The Hall–Kier alpha value is -1.50. The zero-order valence-electron chi connectivity index (χ0n) is 14.2. The van der Waals surface area contributed by atoms with Crippen LogP contribution in [0.1, 0.15) is 25.7 Å². The Morgan fingerprint density at radius 3 is 2.96 bits per heavy atom. The van der Waals surface area contributed by atoms with Crippen molar-refractivity contribution in [2.45, 2.75) is 31.7 Å². The number of anilines is 1. The Morgan fingerprint density at radius 1 is 1.38 bits per heavy atom. The maximum atomic E-state index is 12.1. The highest BCUT2D eigenvalue weighted by Gasteiger charge is 2.31. The van der Waals surface area contributed by atoms with Crippen LogP contribution in [0.2, 0.25) is 0 Å². The lowest BCUT2D eigenvalue weighted by molar-refractivity contribution is -0.116. The number of nitrogens with one attached hydrogen (secondary N) is 1. The van der Waals surface area contributed by atoms with E-state index in [9.17, 15) is 9.90 Å². The fourth-order valence-corrected chi connectivity index (χ4v) is 3.38. The standard InChI is InChI=1S/C18H28N4O2/c23-11-6-17-14-21(9-10-22(17)13-15-3-4-15)8-5-18(24)20-16-2-1-7-19-12-16/h1-2,7,12,15,17,23H,3-6,8-11,13-14H2,(H,20,24). The average Bonchev–Trinajstić information content (AvgIpc) is 3.40. The maximum Gasteiger partial charge on any atom is 0.225 e. The van der Waals surface area contributed by atoms with E-state index in [0.29, 0.717) is 12.5 Å². The Morgan fingerprint density at radius 2 is 2.25 bits per heavy atom. The van der Waals surface area contributed by atoms with E-state index in [-0.39, 0.29) is 12.5 Å².